The van der Waals surface area contributed by atoms with Crippen LogP contribution in [0.4, 0.5) is 13.2 Å². The zero-order valence-electron chi connectivity index (χ0n) is 43.4. The Morgan fingerprint density at radius 3 is 0.797 bits per heavy atom. The third-order valence-corrected chi connectivity index (χ3v) is 12.9. The summed E-state index contributed by atoms with van der Waals surface area (Å²) >= 11 is 0. The minimum atomic E-state index is -4.92. The fourth-order valence-corrected chi connectivity index (χ4v) is 8.66. The number of alkyl halides is 3. The van der Waals surface area contributed by atoms with Crippen LogP contribution in [-0.4, -0.2) is 56.5 Å². The highest BCUT2D eigenvalue weighted by molar-refractivity contribution is 6.04. The van der Waals surface area contributed by atoms with Crippen molar-refractivity contribution in [2.45, 2.75) is 245 Å². The summed E-state index contributed by atoms with van der Waals surface area (Å²) in [6.45, 7) is 9.00. The van der Waals surface area contributed by atoms with E-state index in [0.29, 0.717) is 25.7 Å². The number of rotatable bonds is 42. The van der Waals surface area contributed by atoms with Gasteiger partial charge in [-0.2, -0.15) is 13.2 Å². The number of benzene rings is 2. The van der Waals surface area contributed by atoms with E-state index in [1.165, 1.54) is 76.3 Å². The van der Waals surface area contributed by atoms with Crippen LogP contribution in [0.15, 0.2) is 36.4 Å². The molecule has 11 heteroatoms. The van der Waals surface area contributed by atoms with Crippen LogP contribution < -0.4 is 0 Å². The molecule has 0 saturated carbocycles. The maximum absolute atomic E-state index is 15.4. The Kier molecular flexibility index (Phi) is 34.4. The Morgan fingerprint density at radius 1 is 0.348 bits per heavy atom. The Labute approximate surface area is 415 Å². The molecule has 0 aliphatic rings. The van der Waals surface area contributed by atoms with Gasteiger partial charge in [-0.25, -0.2) is 19.2 Å². The van der Waals surface area contributed by atoms with Crippen LogP contribution in [0.1, 0.15) is 292 Å². The summed E-state index contributed by atoms with van der Waals surface area (Å²) in [5, 5.41) is 0. The molecule has 0 N–H and O–H groups in total. The van der Waals surface area contributed by atoms with Crippen molar-refractivity contribution in [1.82, 2.24) is 0 Å². The molecular weight excluding hydrogens is 882 g/mol. The highest BCUT2D eigenvalue weighted by Crippen LogP contribution is 2.42. The summed E-state index contributed by atoms with van der Waals surface area (Å²) in [6, 6.07) is 6.79. The molecule has 2 aromatic carbocycles. The van der Waals surface area contributed by atoms with Crippen molar-refractivity contribution < 1.29 is 51.3 Å². The average Bonchev–Trinajstić information content (AvgIpc) is 3.33. The Balaban J connectivity index is 2.40. The molecule has 0 amide bonds. The number of unbranched alkanes of at least 4 members (excludes halogenated alkanes) is 28. The van der Waals surface area contributed by atoms with Gasteiger partial charge in [0.1, 0.15) is 5.92 Å². The molecule has 0 bridgehead atoms. The van der Waals surface area contributed by atoms with E-state index in [1.807, 2.05) is 0 Å². The van der Waals surface area contributed by atoms with Crippen LogP contribution in [0.25, 0.3) is 0 Å². The van der Waals surface area contributed by atoms with Gasteiger partial charge in [-0.3, -0.25) is 0 Å². The van der Waals surface area contributed by atoms with E-state index in [2.05, 4.69) is 27.7 Å². The van der Waals surface area contributed by atoms with E-state index >= 15 is 13.2 Å². The highest BCUT2D eigenvalue weighted by atomic mass is 19.4. The molecule has 2 aromatic rings. The summed E-state index contributed by atoms with van der Waals surface area (Å²) in [4.78, 5) is 54.4. The number of halogens is 3. The largest absolute Gasteiger partial charge is 0.462 e. The van der Waals surface area contributed by atoms with Crippen molar-refractivity contribution in [2.75, 3.05) is 26.4 Å². The van der Waals surface area contributed by atoms with Crippen LogP contribution >= 0.6 is 0 Å². The predicted molar refractivity (Wildman–Crippen MR) is 272 cm³/mol. The van der Waals surface area contributed by atoms with Crippen molar-refractivity contribution in [1.29, 1.82) is 0 Å². The topological polar surface area (TPSA) is 105 Å². The molecule has 8 nitrogen and oxygen atoms in total. The molecule has 0 saturated heterocycles. The Morgan fingerprint density at radius 2 is 0.565 bits per heavy atom. The van der Waals surface area contributed by atoms with Gasteiger partial charge < -0.3 is 18.9 Å². The summed E-state index contributed by atoms with van der Waals surface area (Å²) in [6.07, 6.45) is 28.0. The number of esters is 4. The van der Waals surface area contributed by atoms with E-state index in [9.17, 15) is 19.2 Å². The SMILES string of the molecule is CCCCCCCCCCOC(=O)c1ccc(C(c2ccc(C(=O)OCCCCCCCCCC)c(C(=O)OCCCCCCCCCC)c2)C(F)(F)F)cc1C(=O)OCCCCCCCCCC. The molecular formula is C58H91F3O8. The van der Waals surface area contributed by atoms with Crippen molar-refractivity contribution in [2.24, 2.45) is 0 Å². The van der Waals surface area contributed by atoms with E-state index < -0.39 is 36.0 Å². The van der Waals surface area contributed by atoms with Gasteiger partial charge in [-0.05, 0) is 61.1 Å². The quantitative estimate of drug-likeness (QED) is 0.0368. The van der Waals surface area contributed by atoms with Crippen LogP contribution in [0.5, 0.6) is 0 Å². The lowest BCUT2D eigenvalue weighted by molar-refractivity contribution is -0.141. The predicted octanol–water partition coefficient (Wildman–Crippen LogP) is 17.6. The molecule has 0 aromatic heterocycles. The number of carbonyl (C=O) groups excluding carboxylic acids is 4. The van der Waals surface area contributed by atoms with Crippen LogP contribution in [-0.2, 0) is 18.9 Å². The van der Waals surface area contributed by atoms with E-state index in [0.717, 1.165) is 140 Å². The third-order valence-electron chi connectivity index (χ3n) is 12.9. The second-order valence-electron chi connectivity index (χ2n) is 19.0. The first kappa shape index (κ1) is 61.2. The number of ether oxygens (including phenoxy) is 4. The van der Waals surface area contributed by atoms with E-state index in [-0.39, 0.29) is 59.8 Å². The molecule has 0 fully saturated rings. The molecule has 392 valence electrons. The summed E-state index contributed by atoms with van der Waals surface area (Å²) in [5.41, 5.74) is -1.70. The van der Waals surface area contributed by atoms with Crippen LogP contribution in [0.2, 0.25) is 0 Å². The normalized spacial score (nSPS) is 11.5. The minimum absolute atomic E-state index is 0.0501. The Bertz CT molecular complexity index is 1580. The van der Waals surface area contributed by atoms with Gasteiger partial charge in [-0.1, -0.05) is 220 Å². The fourth-order valence-electron chi connectivity index (χ4n) is 8.66. The van der Waals surface area contributed by atoms with Gasteiger partial charge in [0.2, 0.25) is 0 Å². The van der Waals surface area contributed by atoms with Gasteiger partial charge in [0.05, 0.1) is 48.7 Å². The molecule has 69 heavy (non-hydrogen) atoms. The molecule has 0 spiro atoms. The zero-order valence-corrected chi connectivity index (χ0v) is 43.4. The summed E-state index contributed by atoms with van der Waals surface area (Å²) in [5.74, 6) is -5.81. The number of hydrogen-bond donors (Lipinski definition) is 0. The molecule has 0 aliphatic heterocycles. The van der Waals surface area contributed by atoms with Crippen molar-refractivity contribution in [3.8, 4) is 0 Å². The minimum Gasteiger partial charge on any atom is -0.462 e. The summed E-state index contributed by atoms with van der Waals surface area (Å²) in [7, 11) is 0. The van der Waals surface area contributed by atoms with Crippen molar-refractivity contribution in [3.05, 3.63) is 69.8 Å². The molecule has 0 unspecified atom stereocenters. The van der Waals surface area contributed by atoms with Gasteiger partial charge >= 0.3 is 30.1 Å². The second-order valence-corrected chi connectivity index (χ2v) is 19.0. The molecule has 2 rings (SSSR count). The third kappa shape index (κ3) is 26.8. The van der Waals surface area contributed by atoms with Crippen molar-refractivity contribution >= 4 is 23.9 Å². The van der Waals surface area contributed by atoms with Crippen molar-refractivity contribution in [3.63, 3.8) is 0 Å². The maximum Gasteiger partial charge on any atom is 0.399 e. The summed E-state index contributed by atoms with van der Waals surface area (Å²) < 4.78 is 68.5. The zero-order chi connectivity index (χ0) is 50.4. The van der Waals surface area contributed by atoms with Gasteiger partial charge in [0.15, 0.2) is 0 Å². The molecule has 0 heterocycles. The van der Waals surface area contributed by atoms with E-state index in [1.54, 1.807) is 0 Å². The lowest BCUT2D eigenvalue weighted by Gasteiger charge is -2.23. The number of carbonyl (C=O) groups is 4. The smallest absolute Gasteiger partial charge is 0.399 e. The first-order chi connectivity index (χ1) is 33.5. The average molecular weight is 973 g/mol. The van der Waals surface area contributed by atoms with Crippen LogP contribution in [0.3, 0.4) is 0 Å². The first-order valence-electron chi connectivity index (χ1n) is 27.5. The standard InChI is InChI=1S/C58H91F3O8/c1-5-9-13-17-21-25-29-33-41-66-54(62)49-39-37-47(45-51(49)56(64)68-43-35-31-27-23-19-15-11-7-3)53(58(59,60)61)48-38-40-50(55(63)67-42-34-30-26-22-18-14-10-6-2)52(46-48)57(65)69-44-36-32-28-24-20-16-12-8-4/h37-40,45-46,53H,5-36,41-44H2,1-4H3. The second kappa shape index (κ2) is 38.8. The maximum atomic E-state index is 15.4. The van der Waals surface area contributed by atoms with Gasteiger partial charge in [-0.15, -0.1) is 0 Å². The van der Waals surface area contributed by atoms with E-state index in [4.69, 9.17) is 18.9 Å². The lowest BCUT2D eigenvalue weighted by atomic mass is 9.86. The number of hydrogen-bond acceptors (Lipinski definition) is 8. The molecule has 0 aliphatic carbocycles. The lowest BCUT2D eigenvalue weighted by Crippen LogP contribution is -2.24. The van der Waals surface area contributed by atoms with Crippen LogP contribution in [0, 0.1) is 0 Å². The molecule has 0 radical (unpaired) electrons. The fraction of sp³-hybridized carbons (Fsp3) is 0.724. The monoisotopic (exact) mass is 973 g/mol. The Hall–Kier alpha value is -3.89. The highest BCUT2D eigenvalue weighted by Gasteiger charge is 2.43. The molecule has 0 atom stereocenters. The first-order valence-corrected chi connectivity index (χ1v) is 27.5. The van der Waals surface area contributed by atoms with Gasteiger partial charge in [0, 0.05) is 0 Å². The van der Waals surface area contributed by atoms with Gasteiger partial charge in [0.25, 0.3) is 0 Å².